The number of anilines is 3. The number of para-hydroxylation sites is 2. The van der Waals surface area contributed by atoms with Crippen molar-refractivity contribution in [3.8, 4) is 0 Å². The number of fused-ring (bicyclic) bond motifs is 1. The van der Waals surface area contributed by atoms with Crippen LogP contribution in [0.4, 0.5) is 17.5 Å². The van der Waals surface area contributed by atoms with Crippen LogP contribution in [0, 0.1) is 0 Å². The van der Waals surface area contributed by atoms with E-state index in [1.54, 1.807) is 0 Å². The van der Waals surface area contributed by atoms with Gasteiger partial charge in [-0.25, -0.2) is 4.98 Å². The van der Waals surface area contributed by atoms with Crippen molar-refractivity contribution in [1.82, 2.24) is 9.97 Å². The van der Waals surface area contributed by atoms with Gasteiger partial charge in [-0.3, -0.25) is 0 Å². The zero-order valence-electron chi connectivity index (χ0n) is 12.2. The fraction of sp³-hybridized carbons (Fsp3) is 0.176. The number of nitrogens with zero attached hydrogens (tertiary/aromatic N) is 2. The minimum Gasteiger partial charge on any atom is -0.357 e. The highest BCUT2D eigenvalue weighted by Gasteiger charge is 2.08. The van der Waals surface area contributed by atoms with E-state index in [1.165, 1.54) is 5.56 Å². The van der Waals surface area contributed by atoms with E-state index in [0.29, 0.717) is 5.95 Å². The third-order valence-corrected chi connectivity index (χ3v) is 3.48. The van der Waals surface area contributed by atoms with Gasteiger partial charge in [-0.2, -0.15) is 4.98 Å². The highest BCUT2D eigenvalue weighted by molar-refractivity contribution is 5.91. The van der Waals surface area contributed by atoms with Crippen LogP contribution in [0.15, 0.2) is 48.5 Å². The second-order valence-electron chi connectivity index (χ2n) is 4.80. The largest absolute Gasteiger partial charge is 0.357 e. The maximum absolute atomic E-state index is 4.56. The first-order chi connectivity index (χ1) is 10.3. The molecule has 0 aliphatic heterocycles. The summed E-state index contributed by atoms with van der Waals surface area (Å²) in [7, 11) is 1.83. The zero-order chi connectivity index (χ0) is 14.7. The van der Waals surface area contributed by atoms with Crippen molar-refractivity contribution in [2.45, 2.75) is 13.3 Å². The number of hydrogen-bond acceptors (Lipinski definition) is 4. The van der Waals surface area contributed by atoms with E-state index < -0.39 is 0 Å². The Balaban J connectivity index is 2.11. The van der Waals surface area contributed by atoms with Crippen LogP contribution in [-0.2, 0) is 6.42 Å². The fourth-order valence-electron chi connectivity index (χ4n) is 2.36. The van der Waals surface area contributed by atoms with E-state index in [-0.39, 0.29) is 0 Å². The summed E-state index contributed by atoms with van der Waals surface area (Å²) in [4.78, 5) is 9.03. The van der Waals surface area contributed by atoms with Crippen LogP contribution in [0.5, 0.6) is 0 Å². The standard InChI is InChI=1S/C17H18N4/c1-3-12-8-4-6-10-14(12)19-16-13-9-5-7-11-15(13)20-17(18-2)21-16/h4-11H,3H2,1-2H3,(H2,18,19,20,21). The molecule has 0 amide bonds. The van der Waals surface area contributed by atoms with Crippen molar-refractivity contribution in [3.05, 3.63) is 54.1 Å². The lowest BCUT2D eigenvalue weighted by Gasteiger charge is -2.13. The summed E-state index contributed by atoms with van der Waals surface area (Å²) in [5.74, 6) is 1.44. The van der Waals surface area contributed by atoms with E-state index in [9.17, 15) is 0 Å². The van der Waals surface area contributed by atoms with Gasteiger partial charge in [0.25, 0.3) is 0 Å². The monoisotopic (exact) mass is 278 g/mol. The first-order valence-corrected chi connectivity index (χ1v) is 7.11. The van der Waals surface area contributed by atoms with E-state index in [1.807, 2.05) is 37.4 Å². The Morgan fingerprint density at radius 2 is 1.71 bits per heavy atom. The quantitative estimate of drug-likeness (QED) is 0.758. The number of nitrogens with one attached hydrogen (secondary N) is 2. The Morgan fingerprint density at radius 3 is 2.52 bits per heavy atom. The summed E-state index contributed by atoms with van der Waals surface area (Å²) in [6.07, 6.45) is 0.977. The molecular formula is C17H18N4. The van der Waals surface area contributed by atoms with Gasteiger partial charge >= 0.3 is 0 Å². The molecule has 0 bridgehead atoms. The molecule has 106 valence electrons. The van der Waals surface area contributed by atoms with Crippen LogP contribution in [0.3, 0.4) is 0 Å². The molecule has 2 N–H and O–H groups in total. The topological polar surface area (TPSA) is 49.8 Å². The fourth-order valence-corrected chi connectivity index (χ4v) is 2.36. The molecule has 21 heavy (non-hydrogen) atoms. The van der Waals surface area contributed by atoms with Gasteiger partial charge in [0.1, 0.15) is 5.82 Å². The van der Waals surface area contributed by atoms with Gasteiger partial charge in [-0.15, -0.1) is 0 Å². The van der Waals surface area contributed by atoms with Crippen LogP contribution in [0.1, 0.15) is 12.5 Å². The van der Waals surface area contributed by atoms with E-state index in [4.69, 9.17) is 0 Å². The molecule has 0 unspecified atom stereocenters. The van der Waals surface area contributed by atoms with Crippen molar-refractivity contribution >= 4 is 28.4 Å². The molecule has 2 aromatic carbocycles. The minimum atomic E-state index is 0.616. The maximum Gasteiger partial charge on any atom is 0.224 e. The highest BCUT2D eigenvalue weighted by Crippen LogP contribution is 2.26. The molecule has 0 spiro atoms. The molecule has 4 nitrogen and oxygen atoms in total. The Hall–Kier alpha value is -2.62. The summed E-state index contributed by atoms with van der Waals surface area (Å²) >= 11 is 0. The number of aryl methyl sites for hydroxylation is 1. The Bertz CT molecular complexity index is 768. The molecular weight excluding hydrogens is 260 g/mol. The molecule has 0 saturated carbocycles. The number of benzene rings is 2. The van der Waals surface area contributed by atoms with Crippen LogP contribution in [0.25, 0.3) is 10.9 Å². The Morgan fingerprint density at radius 1 is 0.952 bits per heavy atom. The van der Waals surface area contributed by atoms with Gasteiger partial charge in [0.05, 0.1) is 5.52 Å². The van der Waals surface area contributed by atoms with Crippen molar-refractivity contribution in [1.29, 1.82) is 0 Å². The summed E-state index contributed by atoms with van der Waals surface area (Å²) in [5, 5.41) is 7.48. The molecule has 0 radical (unpaired) electrons. The first-order valence-electron chi connectivity index (χ1n) is 7.11. The molecule has 3 rings (SSSR count). The number of hydrogen-bond donors (Lipinski definition) is 2. The number of rotatable bonds is 4. The predicted octanol–water partition coefficient (Wildman–Crippen LogP) is 3.98. The molecule has 1 heterocycles. The zero-order valence-corrected chi connectivity index (χ0v) is 12.2. The summed E-state index contributed by atoms with van der Waals surface area (Å²) in [6, 6.07) is 16.3. The van der Waals surface area contributed by atoms with Crippen LogP contribution < -0.4 is 10.6 Å². The van der Waals surface area contributed by atoms with Gasteiger partial charge in [-0.1, -0.05) is 37.3 Å². The van der Waals surface area contributed by atoms with Crippen molar-refractivity contribution in [3.63, 3.8) is 0 Å². The van der Waals surface area contributed by atoms with Gasteiger partial charge in [-0.05, 0) is 30.2 Å². The third-order valence-electron chi connectivity index (χ3n) is 3.48. The van der Waals surface area contributed by atoms with Crippen LogP contribution >= 0.6 is 0 Å². The lowest BCUT2D eigenvalue weighted by atomic mass is 10.1. The van der Waals surface area contributed by atoms with Crippen LogP contribution in [0.2, 0.25) is 0 Å². The van der Waals surface area contributed by atoms with E-state index >= 15 is 0 Å². The molecule has 0 aliphatic carbocycles. The lowest BCUT2D eigenvalue weighted by Crippen LogP contribution is -2.03. The average molecular weight is 278 g/mol. The molecule has 4 heteroatoms. The van der Waals surface area contributed by atoms with Gasteiger partial charge in [0.15, 0.2) is 0 Å². The normalized spacial score (nSPS) is 10.6. The SMILES string of the molecule is CCc1ccccc1Nc1nc(NC)nc2ccccc12. The molecule has 0 saturated heterocycles. The molecule has 0 fully saturated rings. The first kappa shape index (κ1) is 13.4. The van der Waals surface area contributed by atoms with Crippen molar-refractivity contribution < 1.29 is 0 Å². The van der Waals surface area contributed by atoms with Crippen molar-refractivity contribution in [2.24, 2.45) is 0 Å². The highest BCUT2D eigenvalue weighted by atomic mass is 15.1. The Labute approximate surface area is 124 Å². The van der Waals surface area contributed by atoms with E-state index in [2.05, 4.69) is 45.7 Å². The van der Waals surface area contributed by atoms with Gasteiger partial charge in [0.2, 0.25) is 5.95 Å². The third kappa shape index (κ3) is 2.65. The van der Waals surface area contributed by atoms with E-state index in [0.717, 1.165) is 28.8 Å². The van der Waals surface area contributed by atoms with Crippen LogP contribution in [-0.4, -0.2) is 17.0 Å². The van der Waals surface area contributed by atoms with Gasteiger partial charge < -0.3 is 10.6 Å². The smallest absolute Gasteiger partial charge is 0.224 e. The van der Waals surface area contributed by atoms with Crippen molar-refractivity contribution in [2.75, 3.05) is 17.7 Å². The predicted molar refractivity (Wildman–Crippen MR) is 88.2 cm³/mol. The summed E-state index contributed by atoms with van der Waals surface area (Å²) in [5.41, 5.74) is 3.28. The maximum atomic E-state index is 4.56. The molecule has 0 aliphatic rings. The number of aromatic nitrogens is 2. The average Bonchev–Trinajstić information content (AvgIpc) is 2.55. The van der Waals surface area contributed by atoms with Gasteiger partial charge in [0, 0.05) is 18.1 Å². The molecule has 3 aromatic rings. The summed E-state index contributed by atoms with van der Waals surface area (Å²) in [6.45, 7) is 2.15. The second kappa shape index (κ2) is 5.79. The molecule has 1 aromatic heterocycles. The second-order valence-corrected chi connectivity index (χ2v) is 4.80. The Kier molecular flexibility index (Phi) is 3.69. The lowest BCUT2D eigenvalue weighted by molar-refractivity contribution is 1.13. The minimum absolute atomic E-state index is 0.616. The molecule has 0 atom stereocenters. The summed E-state index contributed by atoms with van der Waals surface area (Å²) < 4.78 is 0.